The summed E-state index contributed by atoms with van der Waals surface area (Å²) in [6.07, 6.45) is 8.05. The van der Waals surface area contributed by atoms with Gasteiger partial charge >= 0.3 is 0 Å². The highest BCUT2D eigenvalue weighted by Crippen LogP contribution is 2.58. The summed E-state index contributed by atoms with van der Waals surface area (Å²) in [4.78, 5) is 4.60. The van der Waals surface area contributed by atoms with E-state index in [0.717, 1.165) is 41.7 Å². The molecule has 4 fully saturated rings. The van der Waals surface area contributed by atoms with E-state index in [1.807, 2.05) is 0 Å². The lowest BCUT2D eigenvalue weighted by Gasteiger charge is -2.54. The SMILES string of the molecule is Cc1nc(CCN)nn1C1C2CC3CC(C2)CC1C3. The quantitative estimate of drug-likeness (QED) is 0.905. The van der Waals surface area contributed by atoms with E-state index in [1.54, 1.807) is 0 Å². The van der Waals surface area contributed by atoms with Crippen LogP contribution in [0.5, 0.6) is 0 Å². The molecule has 0 radical (unpaired) electrons. The van der Waals surface area contributed by atoms with Crippen molar-refractivity contribution in [2.24, 2.45) is 29.4 Å². The molecule has 4 saturated carbocycles. The Morgan fingerprint density at radius 3 is 2.32 bits per heavy atom. The lowest BCUT2D eigenvalue weighted by molar-refractivity contribution is -0.0346. The molecule has 1 aromatic rings. The Kier molecular flexibility index (Phi) is 2.69. The van der Waals surface area contributed by atoms with Gasteiger partial charge in [-0.2, -0.15) is 5.10 Å². The van der Waals surface area contributed by atoms with Crippen LogP contribution < -0.4 is 5.73 Å². The molecule has 0 spiro atoms. The molecule has 0 unspecified atom stereocenters. The number of nitrogens with two attached hydrogens (primary N) is 1. The van der Waals surface area contributed by atoms with Crippen molar-refractivity contribution in [3.05, 3.63) is 11.6 Å². The Balaban J connectivity index is 1.65. The zero-order chi connectivity index (χ0) is 13.0. The lowest BCUT2D eigenvalue weighted by atomic mass is 9.54. The molecular weight excluding hydrogens is 236 g/mol. The first-order valence-electron chi connectivity index (χ1n) is 7.86. The van der Waals surface area contributed by atoms with Crippen LogP contribution >= 0.6 is 0 Å². The van der Waals surface area contributed by atoms with Crippen LogP contribution in [0.1, 0.15) is 49.8 Å². The van der Waals surface area contributed by atoms with Crippen molar-refractivity contribution in [3.63, 3.8) is 0 Å². The highest BCUT2D eigenvalue weighted by atomic mass is 15.4. The average molecular weight is 260 g/mol. The Hall–Kier alpha value is -0.900. The number of hydrogen-bond donors (Lipinski definition) is 1. The van der Waals surface area contributed by atoms with Gasteiger partial charge in [0.25, 0.3) is 0 Å². The number of nitrogens with zero attached hydrogens (tertiary/aromatic N) is 3. The fraction of sp³-hybridized carbons (Fsp3) is 0.867. The summed E-state index contributed by atoms with van der Waals surface area (Å²) in [5, 5.41) is 4.77. The second-order valence-corrected chi connectivity index (χ2v) is 6.98. The van der Waals surface area contributed by atoms with Crippen molar-refractivity contribution in [1.29, 1.82) is 0 Å². The smallest absolute Gasteiger partial charge is 0.152 e. The molecule has 0 aliphatic heterocycles. The standard InChI is InChI=1S/C15H24N4/c1-9-17-14(2-3-16)18-19(9)15-12-5-10-4-11(7-12)8-13(15)6-10/h10-13,15H,2-8,16H2,1H3. The van der Waals surface area contributed by atoms with Gasteiger partial charge in [0.2, 0.25) is 0 Å². The van der Waals surface area contributed by atoms with Gasteiger partial charge in [0.15, 0.2) is 5.82 Å². The van der Waals surface area contributed by atoms with Crippen molar-refractivity contribution in [2.75, 3.05) is 6.54 Å². The van der Waals surface area contributed by atoms with Gasteiger partial charge in [-0.3, -0.25) is 0 Å². The largest absolute Gasteiger partial charge is 0.330 e. The topological polar surface area (TPSA) is 56.7 Å². The molecule has 2 N–H and O–H groups in total. The Labute approximate surface area is 114 Å². The van der Waals surface area contributed by atoms with E-state index in [1.165, 1.54) is 32.1 Å². The van der Waals surface area contributed by atoms with Crippen molar-refractivity contribution in [3.8, 4) is 0 Å². The maximum Gasteiger partial charge on any atom is 0.152 e. The van der Waals surface area contributed by atoms with Gasteiger partial charge in [0, 0.05) is 6.42 Å². The highest BCUT2D eigenvalue weighted by molar-refractivity contribution is 5.03. The zero-order valence-corrected chi connectivity index (χ0v) is 11.8. The zero-order valence-electron chi connectivity index (χ0n) is 11.8. The molecule has 0 atom stereocenters. The van der Waals surface area contributed by atoms with E-state index in [2.05, 4.69) is 16.6 Å². The molecular formula is C15H24N4. The minimum absolute atomic E-state index is 0.631. The number of aromatic nitrogens is 3. The van der Waals surface area contributed by atoms with E-state index in [9.17, 15) is 0 Å². The molecule has 0 saturated heterocycles. The van der Waals surface area contributed by atoms with Gasteiger partial charge in [-0.25, -0.2) is 9.67 Å². The van der Waals surface area contributed by atoms with Crippen molar-refractivity contribution in [1.82, 2.24) is 14.8 Å². The minimum Gasteiger partial charge on any atom is -0.330 e. The van der Waals surface area contributed by atoms with Crippen molar-refractivity contribution < 1.29 is 0 Å². The third-order valence-electron chi connectivity index (χ3n) is 5.67. The van der Waals surface area contributed by atoms with Crippen LogP contribution in [0.25, 0.3) is 0 Å². The van der Waals surface area contributed by atoms with Crippen LogP contribution in [0.3, 0.4) is 0 Å². The first kappa shape index (κ1) is 11.9. The van der Waals surface area contributed by atoms with Crippen molar-refractivity contribution in [2.45, 2.75) is 51.5 Å². The fourth-order valence-corrected chi connectivity index (χ4v) is 5.27. The summed E-state index contributed by atoms with van der Waals surface area (Å²) >= 11 is 0. The predicted molar refractivity (Wildman–Crippen MR) is 73.6 cm³/mol. The predicted octanol–water partition coefficient (Wildman–Crippen LogP) is 2.08. The van der Waals surface area contributed by atoms with Gasteiger partial charge in [-0.15, -0.1) is 0 Å². The number of rotatable bonds is 3. The summed E-state index contributed by atoms with van der Waals surface area (Å²) < 4.78 is 2.26. The Morgan fingerprint density at radius 2 is 1.74 bits per heavy atom. The number of aryl methyl sites for hydroxylation is 1. The summed E-state index contributed by atoms with van der Waals surface area (Å²) in [5.41, 5.74) is 5.63. The molecule has 104 valence electrons. The first-order chi connectivity index (χ1) is 9.24. The minimum atomic E-state index is 0.631. The fourth-order valence-electron chi connectivity index (χ4n) is 5.27. The van der Waals surface area contributed by atoms with Crippen LogP contribution in [-0.2, 0) is 6.42 Å². The molecule has 5 rings (SSSR count). The maximum absolute atomic E-state index is 5.63. The van der Waals surface area contributed by atoms with E-state index < -0.39 is 0 Å². The monoisotopic (exact) mass is 260 g/mol. The average Bonchev–Trinajstić information content (AvgIpc) is 2.69. The van der Waals surface area contributed by atoms with E-state index in [4.69, 9.17) is 10.8 Å². The van der Waals surface area contributed by atoms with Gasteiger partial charge in [0.1, 0.15) is 5.82 Å². The molecule has 4 nitrogen and oxygen atoms in total. The summed E-state index contributed by atoms with van der Waals surface area (Å²) in [6.45, 7) is 2.75. The molecule has 4 aliphatic rings. The van der Waals surface area contributed by atoms with Crippen LogP contribution in [-0.4, -0.2) is 21.3 Å². The molecule has 19 heavy (non-hydrogen) atoms. The van der Waals surface area contributed by atoms with Crippen molar-refractivity contribution >= 4 is 0 Å². The van der Waals surface area contributed by atoms with Gasteiger partial charge in [-0.1, -0.05) is 0 Å². The molecule has 0 aromatic carbocycles. The molecule has 4 heteroatoms. The summed E-state index contributed by atoms with van der Waals surface area (Å²) in [7, 11) is 0. The molecule has 1 aromatic heterocycles. The normalized spacial score (nSPS) is 40.0. The third-order valence-corrected chi connectivity index (χ3v) is 5.67. The third kappa shape index (κ3) is 1.83. The number of hydrogen-bond acceptors (Lipinski definition) is 3. The van der Waals surface area contributed by atoms with Crippen LogP contribution in [0, 0.1) is 30.6 Å². The summed E-state index contributed by atoms with van der Waals surface area (Å²) in [5.74, 6) is 5.80. The van der Waals surface area contributed by atoms with Crippen LogP contribution in [0.2, 0.25) is 0 Å². The van der Waals surface area contributed by atoms with E-state index in [-0.39, 0.29) is 0 Å². The molecule has 4 bridgehead atoms. The first-order valence-corrected chi connectivity index (χ1v) is 7.86. The van der Waals surface area contributed by atoms with Gasteiger partial charge < -0.3 is 5.73 Å². The second kappa shape index (κ2) is 4.30. The molecule has 0 amide bonds. The highest BCUT2D eigenvalue weighted by Gasteiger charge is 2.49. The second-order valence-electron chi connectivity index (χ2n) is 6.98. The van der Waals surface area contributed by atoms with Gasteiger partial charge in [0.05, 0.1) is 6.04 Å². The van der Waals surface area contributed by atoms with Crippen LogP contribution in [0.15, 0.2) is 0 Å². The maximum atomic E-state index is 5.63. The summed E-state index contributed by atoms with van der Waals surface area (Å²) in [6, 6.07) is 0.631. The van der Waals surface area contributed by atoms with Crippen LogP contribution in [0.4, 0.5) is 0 Å². The Morgan fingerprint density at radius 1 is 1.11 bits per heavy atom. The van der Waals surface area contributed by atoms with E-state index in [0.29, 0.717) is 12.6 Å². The Bertz CT molecular complexity index is 450. The van der Waals surface area contributed by atoms with Gasteiger partial charge in [-0.05, 0) is 69.2 Å². The molecule has 1 heterocycles. The lowest BCUT2D eigenvalue weighted by Crippen LogP contribution is -2.46. The molecule has 4 aliphatic carbocycles. The van der Waals surface area contributed by atoms with E-state index >= 15 is 0 Å².